The van der Waals surface area contributed by atoms with Crippen LogP contribution in [0.1, 0.15) is 37.6 Å². The highest BCUT2D eigenvalue weighted by Crippen LogP contribution is 2.24. The lowest BCUT2D eigenvalue weighted by atomic mass is 9.89. The van der Waals surface area contributed by atoms with Crippen LogP contribution in [0.5, 0.6) is 0 Å². The Morgan fingerprint density at radius 1 is 1.12 bits per heavy atom. The van der Waals surface area contributed by atoms with Crippen molar-refractivity contribution in [1.82, 2.24) is 15.5 Å². The van der Waals surface area contributed by atoms with Crippen molar-refractivity contribution in [3.63, 3.8) is 0 Å². The Bertz CT molecular complexity index is 653. The van der Waals surface area contributed by atoms with Gasteiger partial charge in [-0.25, -0.2) is 0 Å². The number of H-pyrrole nitrogens is 1. The van der Waals surface area contributed by atoms with Crippen LogP contribution in [-0.2, 0) is 23.2 Å². The van der Waals surface area contributed by atoms with E-state index in [2.05, 4.69) is 65.5 Å². The first kappa shape index (κ1) is 17.0. The van der Waals surface area contributed by atoms with Crippen LogP contribution < -0.4 is 10.2 Å². The maximum atomic E-state index is 5.47. The largest absolute Gasteiger partial charge is 0.378 e. The van der Waals surface area contributed by atoms with E-state index < -0.39 is 0 Å². The molecule has 24 heavy (non-hydrogen) atoms. The van der Waals surface area contributed by atoms with Crippen LogP contribution in [0, 0.1) is 0 Å². The molecule has 2 aromatic rings. The molecule has 0 amide bonds. The molecule has 0 atom stereocenters. The Labute approximate surface area is 144 Å². The van der Waals surface area contributed by atoms with Crippen LogP contribution >= 0.6 is 0 Å². The molecule has 5 heteroatoms. The van der Waals surface area contributed by atoms with Gasteiger partial charge in [-0.1, -0.05) is 39.0 Å². The first-order valence-corrected chi connectivity index (χ1v) is 8.70. The molecule has 0 aliphatic carbocycles. The number of benzene rings is 1. The summed E-state index contributed by atoms with van der Waals surface area (Å²) in [5.74, 6) is 0. The standard InChI is InChI=1S/C19H28N4O/c1-19(2,3)18-16(14-21-22-18)13-20-12-15-6-4-5-7-17(15)23-8-10-24-11-9-23/h4-7,14,20H,8-13H2,1-3H3,(H,21,22). The molecule has 0 radical (unpaired) electrons. The third-order valence-electron chi connectivity index (χ3n) is 4.44. The van der Waals surface area contributed by atoms with E-state index in [9.17, 15) is 0 Å². The van der Waals surface area contributed by atoms with E-state index in [1.165, 1.54) is 22.5 Å². The van der Waals surface area contributed by atoms with Gasteiger partial charge in [-0.3, -0.25) is 5.10 Å². The summed E-state index contributed by atoms with van der Waals surface area (Å²) in [4.78, 5) is 2.42. The van der Waals surface area contributed by atoms with Crippen molar-refractivity contribution >= 4 is 5.69 Å². The van der Waals surface area contributed by atoms with Crippen molar-refractivity contribution in [3.05, 3.63) is 47.3 Å². The van der Waals surface area contributed by atoms with Gasteiger partial charge in [-0.05, 0) is 11.6 Å². The summed E-state index contributed by atoms with van der Waals surface area (Å²) in [5, 5.41) is 10.9. The molecule has 1 aliphatic heterocycles. The van der Waals surface area contributed by atoms with Gasteiger partial charge < -0.3 is 15.0 Å². The summed E-state index contributed by atoms with van der Waals surface area (Å²) < 4.78 is 5.47. The second kappa shape index (κ2) is 7.36. The third-order valence-corrected chi connectivity index (χ3v) is 4.44. The highest BCUT2D eigenvalue weighted by molar-refractivity contribution is 5.53. The summed E-state index contributed by atoms with van der Waals surface area (Å²) in [6.45, 7) is 11.8. The molecule has 2 N–H and O–H groups in total. The molecule has 1 saturated heterocycles. The lowest BCUT2D eigenvalue weighted by Gasteiger charge is -2.30. The van der Waals surface area contributed by atoms with Crippen molar-refractivity contribution in [2.45, 2.75) is 39.3 Å². The van der Waals surface area contributed by atoms with Gasteiger partial charge in [0.2, 0.25) is 0 Å². The minimum Gasteiger partial charge on any atom is -0.378 e. The second-order valence-electron chi connectivity index (χ2n) is 7.35. The van der Waals surface area contributed by atoms with Gasteiger partial charge in [-0.15, -0.1) is 0 Å². The zero-order valence-corrected chi connectivity index (χ0v) is 14.9. The van der Waals surface area contributed by atoms with Gasteiger partial charge in [0.1, 0.15) is 0 Å². The number of nitrogens with zero attached hydrogens (tertiary/aromatic N) is 2. The van der Waals surface area contributed by atoms with Gasteiger partial charge in [0, 0.05) is 48.5 Å². The Morgan fingerprint density at radius 2 is 1.83 bits per heavy atom. The van der Waals surface area contributed by atoms with E-state index in [-0.39, 0.29) is 5.41 Å². The quantitative estimate of drug-likeness (QED) is 0.886. The lowest BCUT2D eigenvalue weighted by Crippen LogP contribution is -2.37. The smallest absolute Gasteiger partial charge is 0.0642 e. The number of aromatic nitrogens is 2. The fraction of sp³-hybridized carbons (Fsp3) is 0.526. The van der Waals surface area contributed by atoms with Gasteiger partial charge in [0.15, 0.2) is 0 Å². The zero-order valence-electron chi connectivity index (χ0n) is 14.9. The van der Waals surface area contributed by atoms with E-state index >= 15 is 0 Å². The lowest BCUT2D eigenvalue weighted by molar-refractivity contribution is 0.122. The maximum Gasteiger partial charge on any atom is 0.0642 e. The number of ether oxygens (including phenoxy) is 1. The number of aromatic amines is 1. The van der Waals surface area contributed by atoms with E-state index in [4.69, 9.17) is 4.74 Å². The number of para-hydroxylation sites is 1. The van der Waals surface area contributed by atoms with Crippen molar-refractivity contribution in [2.24, 2.45) is 0 Å². The van der Waals surface area contributed by atoms with E-state index in [0.717, 1.165) is 39.4 Å². The first-order chi connectivity index (χ1) is 11.6. The molecule has 3 rings (SSSR count). The number of hydrogen-bond acceptors (Lipinski definition) is 4. The molecule has 130 valence electrons. The number of hydrogen-bond donors (Lipinski definition) is 2. The maximum absolute atomic E-state index is 5.47. The Morgan fingerprint density at radius 3 is 2.58 bits per heavy atom. The average Bonchev–Trinajstić information content (AvgIpc) is 3.05. The molecular weight excluding hydrogens is 300 g/mol. The van der Waals surface area contributed by atoms with Crippen LogP contribution in [0.25, 0.3) is 0 Å². The Balaban J connectivity index is 1.64. The van der Waals surface area contributed by atoms with Crippen LogP contribution in [0.2, 0.25) is 0 Å². The van der Waals surface area contributed by atoms with Gasteiger partial charge >= 0.3 is 0 Å². The fourth-order valence-corrected chi connectivity index (χ4v) is 3.20. The second-order valence-corrected chi connectivity index (χ2v) is 7.35. The summed E-state index contributed by atoms with van der Waals surface area (Å²) in [6.07, 6.45) is 1.93. The van der Waals surface area contributed by atoms with Gasteiger partial charge in [0.25, 0.3) is 0 Å². The summed E-state index contributed by atoms with van der Waals surface area (Å²) >= 11 is 0. The fourth-order valence-electron chi connectivity index (χ4n) is 3.20. The zero-order chi connectivity index (χ0) is 17.0. The molecule has 1 aromatic carbocycles. The molecule has 1 aliphatic rings. The van der Waals surface area contributed by atoms with Crippen LogP contribution in [0.3, 0.4) is 0 Å². The Hall–Kier alpha value is -1.85. The summed E-state index contributed by atoms with van der Waals surface area (Å²) in [6, 6.07) is 8.64. The van der Waals surface area contributed by atoms with Crippen molar-refractivity contribution < 1.29 is 4.74 Å². The normalized spacial score (nSPS) is 15.7. The molecule has 5 nitrogen and oxygen atoms in total. The van der Waals surface area contributed by atoms with Crippen LogP contribution in [0.15, 0.2) is 30.5 Å². The Kier molecular flexibility index (Phi) is 5.21. The predicted octanol–water partition coefficient (Wildman–Crippen LogP) is 2.83. The average molecular weight is 328 g/mol. The first-order valence-electron chi connectivity index (χ1n) is 8.70. The topological polar surface area (TPSA) is 53.2 Å². The molecule has 2 heterocycles. The van der Waals surface area contributed by atoms with Crippen molar-refractivity contribution in [3.8, 4) is 0 Å². The predicted molar refractivity (Wildman–Crippen MR) is 97.3 cm³/mol. The number of anilines is 1. The van der Waals surface area contributed by atoms with E-state index in [0.29, 0.717) is 0 Å². The number of nitrogens with one attached hydrogen (secondary N) is 2. The van der Waals surface area contributed by atoms with E-state index in [1.807, 2.05) is 6.20 Å². The summed E-state index contributed by atoms with van der Waals surface area (Å²) in [7, 11) is 0. The van der Waals surface area contributed by atoms with Gasteiger partial charge in [-0.2, -0.15) is 5.10 Å². The van der Waals surface area contributed by atoms with E-state index in [1.54, 1.807) is 0 Å². The number of rotatable bonds is 5. The summed E-state index contributed by atoms with van der Waals surface area (Å²) in [5.41, 5.74) is 5.18. The molecule has 1 fully saturated rings. The molecule has 0 bridgehead atoms. The van der Waals surface area contributed by atoms with Crippen LogP contribution in [-0.4, -0.2) is 36.5 Å². The van der Waals surface area contributed by atoms with Crippen molar-refractivity contribution in [1.29, 1.82) is 0 Å². The molecule has 0 saturated carbocycles. The highest BCUT2D eigenvalue weighted by atomic mass is 16.5. The van der Waals surface area contributed by atoms with Gasteiger partial charge in [0.05, 0.1) is 19.4 Å². The minimum absolute atomic E-state index is 0.0826. The van der Waals surface area contributed by atoms with Crippen LogP contribution in [0.4, 0.5) is 5.69 Å². The molecule has 0 unspecified atom stereocenters. The minimum atomic E-state index is 0.0826. The highest BCUT2D eigenvalue weighted by Gasteiger charge is 2.20. The molecular formula is C19H28N4O. The molecule has 1 aromatic heterocycles. The third kappa shape index (κ3) is 3.97. The van der Waals surface area contributed by atoms with Crippen molar-refractivity contribution in [2.75, 3.05) is 31.2 Å². The molecule has 0 spiro atoms. The number of morpholine rings is 1. The monoisotopic (exact) mass is 328 g/mol. The SMILES string of the molecule is CC(C)(C)c1[nH]ncc1CNCc1ccccc1N1CCOCC1.